The zero-order chi connectivity index (χ0) is 24.2. The van der Waals surface area contributed by atoms with E-state index >= 15 is 0 Å². The first-order valence-corrected chi connectivity index (χ1v) is 11.9. The largest absolute Gasteiger partial charge is 0.497 e. The van der Waals surface area contributed by atoms with Gasteiger partial charge < -0.3 is 15.8 Å². The Morgan fingerprint density at radius 1 is 0.939 bits per heavy atom. The van der Waals surface area contributed by atoms with Gasteiger partial charge in [-0.1, -0.05) is 36.4 Å². The number of carbonyl (C=O) groups excluding carboxylic acids is 1. The van der Waals surface area contributed by atoms with E-state index in [9.17, 15) is 4.79 Å². The Morgan fingerprint density at radius 2 is 1.55 bits per heavy atom. The summed E-state index contributed by atoms with van der Waals surface area (Å²) in [6.45, 7) is 0. The average molecular weight is 485 g/mol. The van der Waals surface area contributed by atoms with E-state index in [0.717, 1.165) is 46.0 Å². The van der Waals surface area contributed by atoms with Gasteiger partial charge in [-0.05, 0) is 78.0 Å². The molecule has 0 aliphatic rings. The average Bonchev–Trinajstić information content (AvgIpc) is 2.76. The molecule has 10 heteroatoms. The second-order valence-corrected chi connectivity index (χ2v) is 9.35. The third-order valence-corrected chi connectivity index (χ3v) is 5.89. The molecule has 174 valence electrons. The van der Waals surface area contributed by atoms with E-state index in [0.29, 0.717) is 30.7 Å². The molecule has 0 aliphatic heterocycles. The number of unbranched alkanes of at least 4 members (excludes halogenated alkanes) is 1. The highest BCUT2D eigenvalue weighted by Crippen LogP contribution is 2.24. The summed E-state index contributed by atoms with van der Waals surface area (Å²) >= 11 is 1.85. The van der Waals surface area contributed by atoms with E-state index in [4.69, 9.17) is 32.1 Å². The van der Waals surface area contributed by atoms with Gasteiger partial charge in [0.15, 0.2) is 10.3 Å². The van der Waals surface area contributed by atoms with Crippen LogP contribution in [0.15, 0.2) is 48.5 Å². The molecule has 0 saturated heterocycles. The van der Waals surface area contributed by atoms with Crippen LogP contribution in [0, 0.1) is 21.6 Å². The van der Waals surface area contributed by atoms with E-state index in [1.807, 2.05) is 48.5 Å². The second-order valence-electron chi connectivity index (χ2n) is 7.11. The van der Waals surface area contributed by atoms with Crippen LogP contribution in [0.25, 0.3) is 11.1 Å². The second kappa shape index (κ2) is 13.4. The summed E-state index contributed by atoms with van der Waals surface area (Å²) in [5.41, 5.74) is 8.03. The van der Waals surface area contributed by atoms with Crippen LogP contribution in [0.2, 0.25) is 0 Å². The van der Waals surface area contributed by atoms with Gasteiger partial charge in [0.1, 0.15) is 5.75 Å². The summed E-state index contributed by atoms with van der Waals surface area (Å²) in [6, 6.07) is 15.4. The van der Waals surface area contributed by atoms with Gasteiger partial charge in [0.05, 0.1) is 23.6 Å². The topological polar surface area (TPSA) is 160 Å². The fourth-order valence-electron chi connectivity index (χ4n) is 2.97. The molecule has 2 aromatic rings. The fraction of sp³-hybridized carbons (Fsp3) is 0.261. The zero-order valence-corrected chi connectivity index (χ0v) is 20.0. The predicted octanol–water partition coefficient (Wildman–Crippen LogP) is 4.83. The summed E-state index contributed by atoms with van der Waals surface area (Å²) in [4.78, 5) is 12.4. The first kappa shape index (κ1) is 26.1. The van der Waals surface area contributed by atoms with Crippen LogP contribution < -0.4 is 15.8 Å². The third-order valence-electron chi connectivity index (χ3n) is 4.46. The number of methoxy groups -OCH3 is 1. The minimum absolute atomic E-state index is 0.0752. The molecule has 8 nitrogen and oxygen atoms in total. The molecule has 0 aliphatic carbocycles. The maximum absolute atomic E-state index is 12.4. The molecule has 0 radical (unpaired) electrons. The Labute approximate surface area is 202 Å². The molecule has 0 spiro atoms. The molecule has 0 bridgehead atoms. The summed E-state index contributed by atoms with van der Waals surface area (Å²) in [6.07, 6.45) is 2.48. The summed E-state index contributed by atoms with van der Waals surface area (Å²) in [7, 11) is 1.62. The Kier molecular flexibility index (Phi) is 10.6. The molecule has 2 rings (SSSR count). The molecule has 0 unspecified atom stereocenters. The molecule has 0 heterocycles. The van der Waals surface area contributed by atoms with Crippen LogP contribution in [0.3, 0.4) is 0 Å². The lowest BCUT2D eigenvalue weighted by molar-refractivity contribution is -0.119. The predicted molar refractivity (Wildman–Crippen MR) is 139 cm³/mol. The smallest absolute Gasteiger partial charge is 0.230 e. The lowest BCUT2D eigenvalue weighted by atomic mass is 10.0. The van der Waals surface area contributed by atoms with Crippen molar-refractivity contribution in [2.75, 3.05) is 7.11 Å². The van der Waals surface area contributed by atoms with Crippen molar-refractivity contribution >= 4 is 49.9 Å². The number of hydrogen-bond donors (Lipinski definition) is 6. The lowest BCUT2D eigenvalue weighted by Crippen LogP contribution is -2.29. The van der Waals surface area contributed by atoms with Crippen LogP contribution in [0.4, 0.5) is 0 Å². The Hall–Kier alpha value is -3.11. The SMILES string of the molecule is COc1cccc(-c2cccc(CC(=O)NC(=N)SC(=N)CCCCC(=N)SC(=N)N)c2)c1. The van der Waals surface area contributed by atoms with E-state index in [1.165, 1.54) is 0 Å². The molecule has 0 atom stereocenters. The molecule has 0 fully saturated rings. The molecule has 33 heavy (non-hydrogen) atoms. The van der Waals surface area contributed by atoms with Gasteiger partial charge in [-0.3, -0.25) is 26.4 Å². The Morgan fingerprint density at radius 3 is 2.18 bits per heavy atom. The standard InChI is InChI=1S/C23H28N6O2S2/c1-31-18-9-5-8-17(14-18)16-7-4-6-15(12-16)13-21(30)29-23(28)33-20(25)11-3-2-10-19(24)32-22(26)27/h4-9,12,14,24-25H,2-3,10-11,13H2,1H3,(H3,26,27)(H2,28,29,30). The van der Waals surface area contributed by atoms with Crippen molar-refractivity contribution in [2.24, 2.45) is 5.73 Å². The normalized spacial score (nSPS) is 10.3. The van der Waals surface area contributed by atoms with Crippen LogP contribution >= 0.6 is 23.5 Å². The number of thioether (sulfide) groups is 2. The number of amides is 1. The van der Waals surface area contributed by atoms with Gasteiger partial charge in [0, 0.05) is 0 Å². The number of hydrogen-bond acceptors (Lipinski definition) is 8. The highest BCUT2D eigenvalue weighted by molar-refractivity contribution is 8.26. The van der Waals surface area contributed by atoms with Gasteiger partial charge in [-0.15, -0.1) is 0 Å². The van der Waals surface area contributed by atoms with Crippen molar-refractivity contribution in [3.63, 3.8) is 0 Å². The van der Waals surface area contributed by atoms with E-state index in [-0.39, 0.29) is 27.7 Å². The molecule has 0 aromatic heterocycles. The van der Waals surface area contributed by atoms with Crippen molar-refractivity contribution in [3.8, 4) is 16.9 Å². The van der Waals surface area contributed by atoms with Crippen LogP contribution in [0.1, 0.15) is 31.2 Å². The minimum Gasteiger partial charge on any atom is -0.497 e. The Bertz CT molecular complexity index is 1040. The van der Waals surface area contributed by atoms with Crippen LogP contribution in [-0.4, -0.2) is 33.4 Å². The van der Waals surface area contributed by atoms with Crippen molar-refractivity contribution in [1.29, 1.82) is 21.6 Å². The van der Waals surface area contributed by atoms with E-state index < -0.39 is 0 Å². The summed E-state index contributed by atoms with van der Waals surface area (Å²) in [5.74, 6) is 0.453. The highest BCUT2D eigenvalue weighted by Gasteiger charge is 2.10. The molecular weight excluding hydrogens is 456 g/mol. The maximum atomic E-state index is 12.4. The van der Waals surface area contributed by atoms with Gasteiger partial charge in [-0.25, -0.2) is 0 Å². The number of ether oxygens (including phenoxy) is 1. The lowest BCUT2D eigenvalue weighted by Gasteiger charge is -2.09. The van der Waals surface area contributed by atoms with Crippen molar-refractivity contribution in [3.05, 3.63) is 54.1 Å². The summed E-state index contributed by atoms with van der Waals surface area (Å²) < 4.78 is 5.27. The quantitative estimate of drug-likeness (QED) is 0.170. The molecule has 2 aromatic carbocycles. The van der Waals surface area contributed by atoms with E-state index in [2.05, 4.69) is 5.32 Å². The number of carbonyl (C=O) groups is 1. The first-order valence-electron chi connectivity index (χ1n) is 10.2. The summed E-state index contributed by atoms with van der Waals surface area (Å²) in [5, 5.41) is 33.7. The fourth-order valence-corrected chi connectivity index (χ4v) is 4.14. The third kappa shape index (κ3) is 9.92. The molecule has 7 N–H and O–H groups in total. The maximum Gasteiger partial charge on any atom is 0.230 e. The first-order chi connectivity index (χ1) is 15.8. The van der Waals surface area contributed by atoms with Gasteiger partial charge in [0.25, 0.3) is 0 Å². The number of benzene rings is 2. The number of nitrogens with one attached hydrogen (secondary N) is 5. The number of amidine groups is 2. The van der Waals surface area contributed by atoms with Crippen LogP contribution in [0.5, 0.6) is 5.75 Å². The van der Waals surface area contributed by atoms with Crippen molar-refractivity contribution < 1.29 is 9.53 Å². The zero-order valence-electron chi connectivity index (χ0n) is 18.4. The molecular formula is C23H28N6O2S2. The van der Waals surface area contributed by atoms with Gasteiger partial charge >= 0.3 is 0 Å². The molecule has 0 saturated carbocycles. The van der Waals surface area contributed by atoms with Crippen molar-refractivity contribution in [2.45, 2.75) is 32.1 Å². The van der Waals surface area contributed by atoms with Crippen LogP contribution in [-0.2, 0) is 11.2 Å². The Balaban J connectivity index is 1.77. The molecule has 1 amide bonds. The minimum atomic E-state index is -0.308. The van der Waals surface area contributed by atoms with E-state index in [1.54, 1.807) is 7.11 Å². The number of nitrogens with two attached hydrogens (primary N) is 1. The van der Waals surface area contributed by atoms with Gasteiger partial charge in [0.2, 0.25) is 5.91 Å². The highest BCUT2D eigenvalue weighted by atomic mass is 32.2. The monoisotopic (exact) mass is 484 g/mol. The van der Waals surface area contributed by atoms with Gasteiger partial charge in [-0.2, -0.15) is 0 Å². The van der Waals surface area contributed by atoms with Crippen molar-refractivity contribution in [1.82, 2.24) is 5.32 Å². The number of rotatable bonds is 9.